The Morgan fingerprint density at radius 1 is 1.17 bits per heavy atom. The van der Waals surface area contributed by atoms with Crippen molar-refractivity contribution in [1.82, 2.24) is 0 Å². The molecule has 0 spiro atoms. The van der Waals surface area contributed by atoms with Crippen LogP contribution in [0.15, 0.2) is 0 Å². The van der Waals surface area contributed by atoms with Crippen LogP contribution in [0.3, 0.4) is 0 Å². The molecule has 0 radical (unpaired) electrons. The van der Waals surface area contributed by atoms with Gasteiger partial charge in [-0.25, -0.2) is 0 Å². The third-order valence-corrected chi connectivity index (χ3v) is 2.74. The summed E-state index contributed by atoms with van der Waals surface area (Å²) in [6.45, 7) is 8.42. The Kier molecular flexibility index (Phi) is 7.10. The van der Waals surface area contributed by atoms with Gasteiger partial charge in [0.15, 0.2) is 0 Å². The van der Waals surface area contributed by atoms with Crippen molar-refractivity contribution in [2.45, 2.75) is 32.8 Å². The lowest BCUT2D eigenvalue weighted by Crippen LogP contribution is -2.28. The fraction of sp³-hybridized carbons (Fsp3) is 1.00. The molecule has 0 heterocycles. The summed E-state index contributed by atoms with van der Waals surface area (Å²) < 4.78 is 10.8. The number of hydrogen-bond acceptors (Lipinski definition) is 2. The van der Waals surface area contributed by atoms with Gasteiger partial charge >= 0.3 is 0 Å². The molecule has 0 unspecified atom stereocenters. The maximum atomic E-state index is 5.55. The zero-order valence-corrected chi connectivity index (χ0v) is 9.82. The van der Waals surface area contributed by atoms with Gasteiger partial charge in [0.2, 0.25) is 0 Å². The molecule has 0 atom stereocenters. The van der Waals surface area contributed by atoms with Crippen molar-refractivity contribution in [2.24, 2.45) is 0 Å². The monoisotopic (exact) mass is 238 g/mol. The van der Waals surface area contributed by atoms with Crippen molar-refractivity contribution in [2.75, 3.05) is 25.2 Å². The van der Waals surface area contributed by atoms with E-state index in [0.717, 1.165) is 18.4 Å². The highest BCUT2D eigenvalue weighted by Gasteiger charge is 2.15. The second kappa shape index (κ2) is 6.87. The fourth-order valence-corrected chi connectivity index (χ4v) is 0.824. The molecular formula is C9H19BrO2. The van der Waals surface area contributed by atoms with E-state index >= 15 is 0 Å². The van der Waals surface area contributed by atoms with E-state index < -0.39 is 0 Å². The smallest absolute Gasteiger partial charge is 0.0724 e. The van der Waals surface area contributed by atoms with Gasteiger partial charge in [-0.1, -0.05) is 22.9 Å². The molecule has 0 aliphatic carbocycles. The van der Waals surface area contributed by atoms with E-state index in [9.17, 15) is 0 Å². The molecule has 0 bridgehead atoms. The molecule has 2 nitrogen and oxygen atoms in total. The van der Waals surface area contributed by atoms with E-state index in [1.54, 1.807) is 0 Å². The first kappa shape index (κ1) is 12.4. The summed E-state index contributed by atoms with van der Waals surface area (Å²) in [6.07, 6.45) is 1.07. The highest BCUT2D eigenvalue weighted by atomic mass is 79.9. The van der Waals surface area contributed by atoms with Gasteiger partial charge in [-0.05, 0) is 20.3 Å². The van der Waals surface area contributed by atoms with Crippen molar-refractivity contribution in [1.29, 1.82) is 0 Å². The van der Waals surface area contributed by atoms with Gasteiger partial charge in [0.1, 0.15) is 0 Å². The van der Waals surface area contributed by atoms with Gasteiger partial charge in [0.05, 0.1) is 18.8 Å². The zero-order valence-electron chi connectivity index (χ0n) is 8.23. The predicted molar refractivity (Wildman–Crippen MR) is 54.9 cm³/mol. The Labute approximate surface area is 83.8 Å². The number of ether oxygens (including phenoxy) is 2. The molecule has 0 aliphatic heterocycles. The Balaban J connectivity index is 3.19. The first-order chi connectivity index (χ1) is 5.62. The Hall–Kier alpha value is 0.400. The van der Waals surface area contributed by atoms with Crippen LogP contribution >= 0.6 is 15.9 Å². The SMILES string of the molecule is CCCOCCOC(C)(C)CBr. The van der Waals surface area contributed by atoms with E-state index in [2.05, 4.69) is 36.7 Å². The molecule has 0 amide bonds. The van der Waals surface area contributed by atoms with Gasteiger partial charge in [-0.2, -0.15) is 0 Å². The predicted octanol–water partition coefficient (Wildman–Crippen LogP) is 2.60. The summed E-state index contributed by atoms with van der Waals surface area (Å²) in [5.74, 6) is 0. The molecule has 0 N–H and O–H groups in total. The molecule has 0 aromatic rings. The molecule has 74 valence electrons. The normalized spacial score (nSPS) is 12.0. The summed E-state index contributed by atoms with van der Waals surface area (Å²) in [6, 6.07) is 0. The summed E-state index contributed by atoms with van der Waals surface area (Å²) >= 11 is 3.39. The minimum Gasteiger partial charge on any atom is -0.379 e. The van der Waals surface area contributed by atoms with Crippen LogP contribution < -0.4 is 0 Å². The lowest BCUT2D eigenvalue weighted by molar-refractivity contribution is -0.0312. The van der Waals surface area contributed by atoms with Gasteiger partial charge < -0.3 is 9.47 Å². The van der Waals surface area contributed by atoms with Crippen molar-refractivity contribution in [3.05, 3.63) is 0 Å². The summed E-state index contributed by atoms with van der Waals surface area (Å²) in [5, 5.41) is 0.855. The van der Waals surface area contributed by atoms with Crippen LogP contribution in [0.2, 0.25) is 0 Å². The average molecular weight is 239 g/mol. The molecule has 0 fully saturated rings. The lowest BCUT2D eigenvalue weighted by atomic mass is 10.2. The van der Waals surface area contributed by atoms with Crippen LogP contribution in [-0.2, 0) is 9.47 Å². The van der Waals surface area contributed by atoms with Crippen molar-refractivity contribution in [3.63, 3.8) is 0 Å². The zero-order chi connectivity index (χ0) is 9.45. The van der Waals surface area contributed by atoms with Crippen molar-refractivity contribution < 1.29 is 9.47 Å². The molecular weight excluding hydrogens is 220 g/mol. The van der Waals surface area contributed by atoms with Crippen LogP contribution in [0.5, 0.6) is 0 Å². The van der Waals surface area contributed by atoms with Gasteiger partial charge in [-0.15, -0.1) is 0 Å². The Bertz CT molecular complexity index is 105. The molecule has 12 heavy (non-hydrogen) atoms. The van der Waals surface area contributed by atoms with Crippen LogP contribution in [0.4, 0.5) is 0 Å². The standard InChI is InChI=1S/C9H19BrO2/c1-4-5-11-6-7-12-9(2,3)8-10/h4-8H2,1-3H3. The van der Waals surface area contributed by atoms with Crippen LogP contribution in [-0.4, -0.2) is 30.8 Å². The second-order valence-corrected chi connectivity index (χ2v) is 3.91. The first-order valence-corrected chi connectivity index (χ1v) is 5.52. The molecule has 3 heteroatoms. The lowest BCUT2D eigenvalue weighted by Gasteiger charge is -2.22. The molecule has 0 saturated heterocycles. The molecule has 0 aromatic heterocycles. The number of hydrogen-bond donors (Lipinski definition) is 0. The number of alkyl halides is 1. The first-order valence-electron chi connectivity index (χ1n) is 4.40. The van der Waals surface area contributed by atoms with Crippen molar-refractivity contribution in [3.8, 4) is 0 Å². The molecule has 0 aliphatic rings. The van der Waals surface area contributed by atoms with Gasteiger partial charge in [0.25, 0.3) is 0 Å². The minimum absolute atomic E-state index is 0.0738. The van der Waals surface area contributed by atoms with E-state index in [1.165, 1.54) is 0 Å². The summed E-state index contributed by atoms with van der Waals surface area (Å²) in [4.78, 5) is 0. The Morgan fingerprint density at radius 2 is 1.83 bits per heavy atom. The van der Waals surface area contributed by atoms with Crippen LogP contribution in [0.25, 0.3) is 0 Å². The maximum absolute atomic E-state index is 5.55. The van der Waals surface area contributed by atoms with Gasteiger partial charge in [0, 0.05) is 11.9 Å². The van der Waals surface area contributed by atoms with Crippen LogP contribution in [0, 0.1) is 0 Å². The summed E-state index contributed by atoms with van der Waals surface area (Å²) in [7, 11) is 0. The number of halogens is 1. The van der Waals surface area contributed by atoms with Crippen LogP contribution in [0.1, 0.15) is 27.2 Å². The molecule has 0 saturated carbocycles. The highest BCUT2D eigenvalue weighted by molar-refractivity contribution is 9.09. The van der Waals surface area contributed by atoms with E-state index in [-0.39, 0.29) is 5.60 Å². The third kappa shape index (κ3) is 7.07. The topological polar surface area (TPSA) is 18.5 Å². The fourth-order valence-electron chi connectivity index (χ4n) is 0.662. The van der Waals surface area contributed by atoms with E-state index in [4.69, 9.17) is 9.47 Å². The largest absolute Gasteiger partial charge is 0.379 e. The van der Waals surface area contributed by atoms with Gasteiger partial charge in [-0.3, -0.25) is 0 Å². The van der Waals surface area contributed by atoms with E-state index in [0.29, 0.717) is 13.2 Å². The number of rotatable bonds is 7. The third-order valence-electron chi connectivity index (χ3n) is 1.39. The molecule has 0 aromatic carbocycles. The maximum Gasteiger partial charge on any atom is 0.0724 e. The Morgan fingerprint density at radius 3 is 2.33 bits per heavy atom. The van der Waals surface area contributed by atoms with E-state index in [1.807, 2.05) is 0 Å². The minimum atomic E-state index is -0.0738. The second-order valence-electron chi connectivity index (χ2n) is 3.35. The quantitative estimate of drug-likeness (QED) is 0.502. The summed E-state index contributed by atoms with van der Waals surface area (Å²) in [5.41, 5.74) is -0.0738. The average Bonchev–Trinajstić information content (AvgIpc) is 2.04. The highest BCUT2D eigenvalue weighted by Crippen LogP contribution is 2.11. The van der Waals surface area contributed by atoms with Crippen molar-refractivity contribution >= 4 is 15.9 Å². The molecule has 0 rings (SSSR count).